The molecule has 1 saturated heterocycles. The number of amides is 1. The highest BCUT2D eigenvalue weighted by Crippen LogP contribution is 2.36. The molecule has 1 unspecified atom stereocenters. The van der Waals surface area contributed by atoms with Crippen molar-refractivity contribution in [1.29, 1.82) is 0 Å². The van der Waals surface area contributed by atoms with E-state index in [1.54, 1.807) is 0 Å². The summed E-state index contributed by atoms with van der Waals surface area (Å²) >= 11 is 9.24. The predicted molar refractivity (Wildman–Crippen MR) is 82.6 cm³/mol. The van der Waals surface area contributed by atoms with Crippen molar-refractivity contribution in [3.63, 3.8) is 0 Å². The van der Waals surface area contributed by atoms with E-state index in [9.17, 15) is 9.18 Å². The van der Waals surface area contributed by atoms with E-state index in [0.29, 0.717) is 16.7 Å². The van der Waals surface area contributed by atoms with Crippen LogP contribution in [0.15, 0.2) is 16.6 Å². The molecule has 1 heterocycles. The molecule has 110 valence electrons. The van der Waals surface area contributed by atoms with Gasteiger partial charge in [-0.1, -0.05) is 24.9 Å². The summed E-state index contributed by atoms with van der Waals surface area (Å²) in [6.07, 6.45) is 2.57. The maximum Gasteiger partial charge on any atom is 0.231 e. The molecular weight excluding hydrogens is 347 g/mol. The Bertz CT molecular complexity index is 495. The lowest BCUT2D eigenvalue weighted by molar-refractivity contribution is -0.125. The van der Waals surface area contributed by atoms with Crippen LogP contribution in [0.5, 0.6) is 0 Å². The van der Waals surface area contributed by atoms with Gasteiger partial charge >= 0.3 is 0 Å². The first-order valence-electron chi connectivity index (χ1n) is 6.65. The molecule has 1 aromatic rings. The van der Waals surface area contributed by atoms with Crippen LogP contribution in [0.2, 0.25) is 5.02 Å². The van der Waals surface area contributed by atoms with E-state index in [0.717, 1.165) is 25.8 Å². The molecule has 0 radical (unpaired) electrons. The molecule has 6 heteroatoms. The van der Waals surface area contributed by atoms with Gasteiger partial charge in [-0.3, -0.25) is 4.79 Å². The number of hydrogen-bond acceptors (Lipinski definition) is 2. The summed E-state index contributed by atoms with van der Waals surface area (Å²) in [5, 5.41) is 6.28. The first kappa shape index (κ1) is 15.7. The highest BCUT2D eigenvalue weighted by atomic mass is 79.9. The van der Waals surface area contributed by atoms with Crippen molar-refractivity contribution in [3.8, 4) is 0 Å². The van der Waals surface area contributed by atoms with E-state index in [1.807, 2.05) is 0 Å². The van der Waals surface area contributed by atoms with E-state index in [4.69, 9.17) is 11.6 Å². The maximum absolute atomic E-state index is 13.2. The lowest BCUT2D eigenvalue weighted by atomic mass is 9.81. The summed E-state index contributed by atoms with van der Waals surface area (Å²) in [6, 6.07) is 2.49. The lowest BCUT2D eigenvalue weighted by Gasteiger charge is -2.27. The number of benzene rings is 1. The van der Waals surface area contributed by atoms with Crippen LogP contribution in [-0.4, -0.2) is 19.0 Å². The smallest absolute Gasteiger partial charge is 0.231 e. The fourth-order valence-corrected chi connectivity index (χ4v) is 3.55. The number of carbonyl (C=O) groups is 1. The number of hydrogen-bond donors (Lipinski definition) is 2. The minimum Gasteiger partial charge on any atom is -0.323 e. The van der Waals surface area contributed by atoms with Crippen LogP contribution in [-0.2, 0) is 4.79 Å². The Labute approximate surface area is 131 Å². The zero-order chi connectivity index (χ0) is 14.8. The molecule has 2 N–H and O–H groups in total. The summed E-state index contributed by atoms with van der Waals surface area (Å²) in [5.41, 5.74) is 0.0340. The molecule has 1 fully saturated rings. The van der Waals surface area contributed by atoms with E-state index in [1.165, 1.54) is 12.1 Å². The standard InChI is InChI=1S/C14H17BrClFN2O/c1-2-3-14(4-5-18-8-14)13(20)19-12-10(15)6-9(17)7-11(12)16/h6-7,18H,2-5,8H2,1H3,(H,19,20). The Morgan fingerprint density at radius 1 is 1.60 bits per heavy atom. The highest BCUT2D eigenvalue weighted by molar-refractivity contribution is 9.10. The minimum atomic E-state index is -0.439. The molecule has 0 spiro atoms. The molecule has 1 aliphatic heterocycles. The van der Waals surface area contributed by atoms with Crippen molar-refractivity contribution in [3.05, 3.63) is 27.4 Å². The zero-order valence-electron chi connectivity index (χ0n) is 11.2. The van der Waals surface area contributed by atoms with Gasteiger partial charge in [0.15, 0.2) is 0 Å². The summed E-state index contributed by atoms with van der Waals surface area (Å²) < 4.78 is 13.7. The topological polar surface area (TPSA) is 41.1 Å². The van der Waals surface area contributed by atoms with Crippen LogP contribution in [0.1, 0.15) is 26.2 Å². The third-order valence-corrected chi connectivity index (χ3v) is 4.62. The van der Waals surface area contributed by atoms with Crippen LogP contribution in [0.4, 0.5) is 10.1 Å². The second-order valence-electron chi connectivity index (χ2n) is 5.16. The summed E-state index contributed by atoms with van der Waals surface area (Å²) in [5.74, 6) is -0.496. The fraction of sp³-hybridized carbons (Fsp3) is 0.500. The van der Waals surface area contributed by atoms with Gasteiger partial charge in [0, 0.05) is 11.0 Å². The molecule has 1 aliphatic rings. The fourth-order valence-electron chi connectivity index (χ4n) is 2.65. The summed E-state index contributed by atoms with van der Waals surface area (Å²) in [6.45, 7) is 3.57. The van der Waals surface area contributed by atoms with Gasteiger partial charge in [-0.15, -0.1) is 0 Å². The molecule has 1 aromatic carbocycles. The van der Waals surface area contributed by atoms with Gasteiger partial charge in [-0.2, -0.15) is 0 Å². The van der Waals surface area contributed by atoms with Gasteiger partial charge in [0.25, 0.3) is 0 Å². The first-order valence-corrected chi connectivity index (χ1v) is 7.82. The van der Waals surface area contributed by atoms with Crippen LogP contribution in [0.3, 0.4) is 0 Å². The Morgan fingerprint density at radius 3 is 2.90 bits per heavy atom. The molecule has 0 aliphatic carbocycles. The second-order valence-corrected chi connectivity index (χ2v) is 6.42. The molecule has 0 aromatic heterocycles. The second kappa shape index (κ2) is 6.41. The molecule has 2 rings (SSSR count). The quantitative estimate of drug-likeness (QED) is 0.850. The van der Waals surface area contributed by atoms with Gasteiger partial charge in [0.1, 0.15) is 5.82 Å². The Balaban J connectivity index is 2.23. The van der Waals surface area contributed by atoms with E-state index < -0.39 is 11.2 Å². The third kappa shape index (κ3) is 3.15. The van der Waals surface area contributed by atoms with Crippen molar-refractivity contribution >= 4 is 39.1 Å². The first-order chi connectivity index (χ1) is 9.48. The van der Waals surface area contributed by atoms with E-state index >= 15 is 0 Å². The highest BCUT2D eigenvalue weighted by Gasteiger charge is 2.40. The predicted octanol–water partition coefficient (Wildman–Crippen LogP) is 3.96. The van der Waals surface area contributed by atoms with Crippen molar-refractivity contribution in [1.82, 2.24) is 5.32 Å². The molecule has 3 nitrogen and oxygen atoms in total. The molecule has 1 atom stereocenters. The Kier molecular flexibility index (Phi) is 5.04. The van der Waals surface area contributed by atoms with Crippen LogP contribution < -0.4 is 10.6 Å². The average molecular weight is 364 g/mol. The van der Waals surface area contributed by atoms with Gasteiger partial charge in [0.05, 0.1) is 16.1 Å². The van der Waals surface area contributed by atoms with Gasteiger partial charge in [-0.25, -0.2) is 4.39 Å². The maximum atomic E-state index is 13.2. The lowest BCUT2D eigenvalue weighted by Crippen LogP contribution is -2.38. The molecule has 20 heavy (non-hydrogen) atoms. The average Bonchev–Trinajstić information content (AvgIpc) is 2.83. The van der Waals surface area contributed by atoms with Crippen molar-refractivity contribution in [2.75, 3.05) is 18.4 Å². The Morgan fingerprint density at radius 2 is 2.35 bits per heavy atom. The monoisotopic (exact) mass is 362 g/mol. The SMILES string of the molecule is CCCC1(C(=O)Nc2c(Cl)cc(F)cc2Br)CCNC1. The number of nitrogens with one attached hydrogen (secondary N) is 2. The Hall–Kier alpha value is -0.650. The largest absolute Gasteiger partial charge is 0.323 e. The number of anilines is 1. The van der Waals surface area contributed by atoms with Gasteiger partial charge < -0.3 is 10.6 Å². The van der Waals surface area contributed by atoms with Crippen molar-refractivity contribution in [2.24, 2.45) is 5.41 Å². The van der Waals surface area contributed by atoms with Crippen LogP contribution in [0, 0.1) is 11.2 Å². The van der Waals surface area contributed by atoms with E-state index in [-0.39, 0.29) is 10.9 Å². The van der Waals surface area contributed by atoms with Gasteiger partial charge in [0.2, 0.25) is 5.91 Å². The minimum absolute atomic E-state index is 0.0569. The van der Waals surface area contributed by atoms with Crippen molar-refractivity contribution in [2.45, 2.75) is 26.2 Å². The molecule has 1 amide bonds. The number of carbonyl (C=O) groups excluding carboxylic acids is 1. The molecule has 0 bridgehead atoms. The van der Waals surface area contributed by atoms with Crippen LogP contribution in [0.25, 0.3) is 0 Å². The number of rotatable bonds is 4. The normalized spacial score (nSPS) is 22.0. The van der Waals surface area contributed by atoms with E-state index in [2.05, 4.69) is 33.5 Å². The molecular formula is C14H17BrClFN2O. The number of halogens is 3. The summed E-state index contributed by atoms with van der Waals surface area (Å²) in [4.78, 5) is 12.6. The van der Waals surface area contributed by atoms with Crippen LogP contribution >= 0.6 is 27.5 Å². The zero-order valence-corrected chi connectivity index (χ0v) is 13.6. The van der Waals surface area contributed by atoms with Crippen molar-refractivity contribution < 1.29 is 9.18 Å². The third-order valence-electron chi connectivity index (χ3n) is 3.70. The summed E-state index contributed by atoms with van der Waals surface area (Å²) in [7, 11) is 0. The molecule has 0 saturated carbocycles. The van der Waals surface area contributed by atoms with Gasteiger partial charge in [-0.05, 0) is 47.4 Å².